The maximum absolute atomic E-state index is 12.5. The number of carbonyl (C=O) groups is 1. The third-order valence-corrected chi connectivity index (χ3v) is 5.44. The number of halogens is 1. The van der Waals surface area contributed by atoms with Crippen molar-refractivity contribution in [3.63, 3.8) is 0 Å². The minimum atomic E-state index is -0.534. The van der Waals surface area contributed by atoms with Crippen molar-refractivity contribution < 1.29 is 9.53 Å². The molecule has 2 nitrogen and oxygen atoms in total. The van der Waals surface area contributed by atoms with Crippen LogP contribution in [-0.4, -0.2) is 18.5 Å². The van der Waals surface area contributed by atoms with Crippen LogP contribution in [0.1, 0.15) is 37.5 Å². The highest BCUT2D eigenvalue weighted by Crippen LogP contribution is 2.36. The first-order chi connectivity index (χ1) is 8.55. The molecule has 2 rings (SSSR count). The molecular weight excluding hydrogens is 312 g/mol. The minimum absolute atomic E-state index is 0.242. The summed E-state index contributed by atoms with van der Waals surface area (Å²) < 4.78 is 6.71. The molecule has 2 atom stereocenters. The number of carbonyl (C=O) groups excluding carboxylic acids is 1. The van der Waals surface area contributed by atoms with E-state index in [4.69, 9.17) is 4.74 Å². The van der Waals surface area contributed by atoms with Crippen molar-refractivity contribution in [1.29, 1.82) is 0 Å². The van der Waals surface area contributed by atoms with Crippen LogP contribution in [0.25, 0.3) is 0 Å². The lowest BCUT2D eigenvalue weighted by Crippen LogP contribution is -2.45. The van der Waals surface area contributed by atoms with Crippen molar-refractivity contribution in [2.75, 3.05) is 7.11 Å². The van der Waals surface area contributed by atoms with Gasteiger partial charge in [-0.2, -0.15) is 0 Å². The van der Waals surface area contributed by atoms with E-state index in [1.54, 1.807) is 18.4 Å². The van der Waals surface area contributed by atoms with Crippen LogP contribution >= 0.6 is 27.3 Å². The number of Topliss-reactive ketones (excluding diaryl/α,β-unsaturated/α-hetero) is 1. The molecular formula is C14H19BrO2S. The summed E-state index contributed by atoms with van der Waals surface area (Å²) in [6.07, 6.45) is 4.54. The van der Waals surface area contributed by atoms with Gasteiger partial charge in [0.15, 0.2) is 5.78 Å². The highest BCUT2D eigenvalue weighted by molar-refractivity contribution is 9.11. The molecule has 1 aliphatic rings. The average molecular weight is 331 g/mol. The molecule has 0 aromatic carbocycles. The molecule has 0 aliphatic heterocycles. The van der Waals surface area contributed by atoms with Crippen LogP contribution in [0.15, 0.2) is 15.9 Å². The topological polar surface area (TPSA) is 26.3 Å². The third kappa shape index (κ3) is 3.03. The molecule has 4 heteroatoms. The maximum atomic E-state index is 12.5. The van der Waals surface area contributed by atoms with Crippen molar-refractivity contribution >= 4 is 33.0 Å². The predicted octanol–water partition coefficient (Wildman–Crippen LogP) is 4.22. The molecule has 1 heterocycles. The van der Waals surface area contributed by atoms with Gasteiger partial charge in [0.1, 0.15) is 5.60 Å². The van der Waals surface area contributed by atoms with E-state index in [9.17, 15) is 4.79 Å². The van der Waals surface area contributed by atoms with E-state index in [1.807, 2.05) is 12.1 Å². The molecule has 2 unspecified atom stereocenters. The van der Waals surface area contributed by atoms with Crippen LogP contribution in [-0.2, 0) is 16.0 Å². The number of hydrogen-bond donors (Lipinski definition) is 0. The van der Waals surface area contributed by atoms with Crippen LogP contribution in [0.5, 0.6) is 0 Å². The fourth-order valence-corrected chi connectivity index (χ4v) is 4.30. The summed E-state index contributed by atoms with van der Waals surface area (Å²) in [4.78, 5) is 13.7. The average Bonchev–Trinajstić information content (AvgIpc) is 2.74. The van der Waals surface area contributed by atoms with Crippen LogP contribution in [0.4, 0.5) is 0 Å². The van der Waals surface area contributed by atoms with Gasteiger partial charge in [-0.25, -0.2) is 0 Å². The van der Waals surface area contributed by atoms with Crippen molar-refractivity contribution in [2.45, 2.75) is 44.6 Å². The van der Waals surface area contributed by atoms with Crippen LogP contribution in [0.2, 0.25) is 0 Å². The first-order valence-electron chi connectivity index (χ1n) is 6.38. The largest absolute Gasteiger partial charge is 0.370 e. The second kappa shape index (κ2) is 5.85. The van der Waals surface area contributed by atoms with Crippen molar-refractivity contribution in [2.24, 2.45) is 5.92 Å². The number of ketones is 1. The van der Waals surface area contributed by atoms with Gasteiger partial charge < -0.3 is 4.74 Å². The molecule has 1 saturated carbocycles. The highest BCUT2D eigenvalue weighted by Gasteiger charge is 2.41. The Labute approximate surface area is 121 Å². The van der Waals surface area contributed by atoms with E-state index in [2.05, 4.69) is 22.9 Å². The van der Waals surface area contributed by atoms with Gasteiger partial charge in [0.25, 0.3) is 0 Å². The summed E-state index contributed by atoms with van der Waals surface area (Å²) in [5, 5.41) is 0. The Morgan fingerprint density at radius 2 is 2.39 bits per heavy atom. The van der Waals surface area contributed by atoms with Gasteiger partial charge in [0.05, 0.1) is 3.79 Å². The first kappa shape index (κ1) is 14.2. The summed E-state index contributed by atoms with van der Waals surface area (Å²) in [6.45, 7) is 2.21. The summed E-state index contributed by atoms with van der Waals surface area (Å²) in [6, 6.07) is 4.01. The zero-order chi connectivity index (χ0) is 13.2. The number of thiophene rings is 1. The Kier molecular flexibility index (Phi) is 4.62. The van der Waals surface area contributed by atoms with E-state index in [0.717, 1.165) is 27.9 Å². The lowest BCUT2D eigenvalue weighted by atomic mass is 9.75. The smallest absolute Gasteiger partial charge is 0.169 e. The Bertz CT molecular complexity index is 429. The molecule has 0 spiro atoms. The number of rotatable bonds is 4. The molecule has 1 aromatic rings. The molecule has 0 N–H and O–H groups in total. The van der Waals surface area contributed by atoms with Gasteiger partial charge in [-0.3, -0.25) is 4.79 Å². The van der Waals surface area contributed by atoms with E-state index in [0.29, 0.717) is 12.3 Å². The molecule has 0 bridgehead atoms. The van der Waals surface area contributed by atoms with Gasteiger partial charge in [0.2, 0.25) is 0 Å². The maximum Gasteiger partial charge on any atom is 0.169 e. The molecule has 18 heavy (non-hydrogen) atoms. The second-order valence-corrected chi connectivity index (χ2v) is 7.75. The summed E-state index contributed by atoms with van der Waals surface area (Å²) in [5.74, 6) is 0.823. The Morgan fingerprint density at radius 3 is 2.94 bits per heavy atom. The molecule has 1 aromatic heterocycles. The Morgan fingerprint density at radius 1 is 1.61 bits per heavy atom. The summed E-state index contributed by atoms with van der Waals surface area (Å²) in [7, 11) is 1.68. The standard InChI is InChI=1S/C14H19BrO2S/c1-10-4-3-7-14(9-10,17-2)12(16)8-11-5-6-13(15)18-11/h5-6,10H,3-4,7-9H2,1-2H3. The van der Waals surface area contributed by atoms with Gasteiger partial charge in [-0.05, 0) is 53.2 Å². The highest BCUT2D eigenvalue weighted by atomic mass is 79.9. The molecule has 1 aliphatic carbocycles. The minimum Gasteiger partial charge on any atom is -0.370 e. The SMILES string of the molecule is COC1(C(=O)Cc2ccc(Br)s2)CCCC(C)C1. The van der Waals surface area contributed by atoms with Crippen LogP contribution in [0.3, 0.4) is 0 Å². The predicted molar refractivity (Wildman–Crippen MR) is 78.1 cm³/mol. The fourth-order valence-electron chi connectivity index (χ4n) is 2.82. The Hall–Kier alpha value is -0.190. The molecule has 1 fully saturated rings. The lowest BCUT2D eigenvalue weighted by Gasteiger charge is -2.37. The van der Waals surface area contributed by atoms with E-state index in [1.165, 1.54) is 6.42 Å². The first-order valence-corrected chi connectivity index (χ1v) is 7.99. The van der Waals surface area contributed by atoms with Crippen molar-refractivity contribution in [3.05, 3.63) is 20.8 Å². The third-order valence-electron chi connectivity index (χ3n) is 3.82. The monoisotopic (exact) mass is 330 g/mol. The summed E-state index contributed by atoms with van der Waals surface area (Å²) in [5.41, 5.74) is -0.534. The van der Waals surface area contributed by atoms with Crippen molar-refractivity contribution in [3.8, 4) is 0 Å². The van der Waals surface area contributed by atoms with Gasteiger partial charge in [-0.1, -0.05) is 13.3 Å². The zero-order valence-electron chi connectivity index (χ0n) is 10.9. The Balaban J connectivity index is 2.09. The number of hydrogen-bond acceptors (Lipinski definition) is 3. The number of methoxy groups -OCH3 is 1. The fraction of sp³-hybridized carbons (Fsp3) is 0.643. The van der Waals surface area contributed by atoms with E-state index < -0.39 is 5.60 Å². The van der Waals surface area contributed by atoms with E-state index >= 15 is 0 Å². The second-order valence-electron chi connectivity index (χ2n) is 5.21. The van der Waals surface area contributed by atoms with Crippen LogP contribution in [0, 0.1) is 5.92 Å². The molecule has 100 valence electrons. The van der Waals surface area contributed by atoms with Crippen molar-refractivity contribution in [1.82, 2.24) is 0 Å². The van der Waals surface area contributed by atoms with Crippen LogP contribution < -0.4 is 0 Å². The molecule has 0 saturated heterocycles. The quantitative estimate of drug-likeness (QED) is 0.826. The lowest BCUT2D eigenvalue weighted by molar-refractivity contribution is -0.146. The molecule has 0 radical (unpaired) electrons. The molecule has 0 amide bonds. The van der Waals surface area contributed by atoms with E-state index in [-0.39, 0.29) is 5.78 Å². The van der Waals surface area contributed by atoms with Gasteiger partial charge >= 0.3 is 0 Å². The normalized spacial score (nSPS) is 28.3. The van der Waals surface area contributed by atoms with Gasteiger partial charge in [0, 0.05) is 18.4 Å². The summed E-state index contributed by atoms with van der Waals surface area (Å²) >= 11 is 5.06. The zero-order valence-corrected chi connectivity index (χ0v) is 13.3. The number of ether oxygens (including phenoxy) is 1. The van der Waals surface area contributed by atoms with Gasteiger partial charge in [-0.15, -0.1) is 11.3 Å².